The van der Waals surface area contributed by atoms with E-state index >= 15 is 0 Å². The molecule has 1 heterocycles. The zero-order chi connectivity index (χ0) is 10.9. The van der Waals surface area contributed by atoms with Crippen LogP contribution in [0.3, 0.4) is 0 Å². The molecule has 0 aliphatic rings. The second-order valence-corrected chi connectivity index (χ2v) is 4.17. The van der Waals surface area contributed by atoms with Crippen LogP contribution in [0.25, 0.3) is 0 Å². The fourth-order valence-electron chi connectivity index (χ4n) is 1.25. The molecular weight excluding hydrogens is 180 g/mol. The number of aromatic nitrogens is 2. The van der Waals surface area contributed by atoms with Crippen molar-refractivity contribution in [1.29, 1.82) is 0 Å². The van der Waals surface area contributed by atoms with Gasteiger partial charge in [-0.05, 0) is 20.8 Å². The van der Waals surface area contributed by atoms with Crippen molar-refractivity contribution in [1.82, 2.24) is 9.55 Å². The van der Waals surface area contributed by atoms with Crippen LogP contribution >= 0.6 is 0 Å². The van der Waals surface area contributed by atoms with Gasteiger partial charge in [0.1, 0.15) is 11.5 Å². The Balaban J connectivity index is 2.94. The Morgan fingerprint density at radius 3 is 2.57 bits per heavy atom. The van der Waals surface area contributed by atoms with Crippen molar-refractivity contribution >= 4 is 5.78 Å². The molecular formula is C10H16N2O2. The Morgan fingerprint density at radius 1 is 1.64 bits per heavy atom. The molecule has 0 radical (unpaired) electrons. The molecule has 1 rings (SSSR count). The summed E-state index contributed by atoms with van der Waals surface area (Å²) >= 11 is 0. The van der Waals surface area contributed by atoms with E-state index in [1.54, 1.807) is 24.6 Å². The average molecular weight is 196 g/mol. The van der Waals surface area contributed by atoms with Gasteiger partial charge in [-0.3, -0.25) is 4.79 Å². The number of ketones is 1. The van der Waals surface area contributed by atoms with Crippen LogP contribution in [0.4, 0.5) is 0 Å². The van der Waals surface area contributed by atoms with Crippen molar-refractivity contribution in [2.75, 3.05) is 0 Å². The van der Waals surface area contributed by atoms with Gasteiger partial charge in [-0.25, -0.2) is 4.98 Å². The molecule has 1 aromatic rings. The van der Waals surface area contributed by atoms with E-state index in [-0.39, 0.29) is 5.78 Å². The predicted octanol–water partition coefficient (Wildman–Crippen LogP) is 1.17. The number of hydrogen-bond acceptors (Lipinski definition) is 3. The number of carbonyl (C=O) groups excluding carboxylic acids is 1. The van der Waals surface area contributed by atoms with E-state index in [1.807, 2.05) is 6.92 Å². The molecule has 0 saturated heterocycles. The maximum atomic E-state index is 11.0. The Morgan fingerprint density at radius 2 is 2.21 bits per heavy atom. The highest BCUT2D eigenvalue weighted by Crippen LogP contribution is 2.10. The molecule has 78 valence electrons. The number of aliphatic hydroxyl groups is 1. The molecule has 0 atom stereocenters. The van der Waals surface area contributed by atoms with Crippen LogP contribution in [0.5, 0.6) is 0 Å². The number of carbonyl (C=O) groups is 1. The van der Waals surface area contributed by atoms with Crippen LogP contribution in [-0.4, -0.2) is 26.0 Å². The van der Waals surface area contributed by atoms with Gasteiger partial charge in [-0.2, -0.15) is 0 Å². The van der Waals surface area contributed by atoms with E-state index in [1.165, 1.54) is 6.92 Å². The highest BCUT2D eigenvalue weighted by atomic mass is 16.3. The summed E-state index contributed by atoms with van der Waals surface area (Å²) in [6, 6.07) is 0. The smallest absolute Gasteiger partial charge is 0.179 e. The van der Waals surface area contributed by atoms with E-state index in [0.29, 0.717) is 12.2 Å². The van der Waals surface area contributed by atoms with Crippen LogP contribution in [0, 0.1) is 6.92 Å². The van der Waals surface area contributed by atoms with Crippen molar-refractivity contribution in [2.24, 2.45) is 0 Å². The van der Waals surface area contributed by atoms with E-state index < -0.39 is 5.60 Å². The van der Waals surface area contributed by atoms with Gasteiger partial charge >= 0.3 is 0 Å². The molecule has 14 heavy (non-hydrogen) atoms. The molecule has 1 N–H and O–H groups in total. The summed E-state index contributed by atoms with van der Waals surface area (Å²) in [5.41, 5.74) is -0.341. The van der Waals surface area contributed by atoms with Crippen LogP contribution in [-0.2, 0) is 6.54 Å². The summed E-state index contributed by atoms with van der Waals surface area (Å²) in [5, 5.41) is 9.61. The molecule has 1 aromatic heterocycles. The van der Waals surface area contributed by atoms with Crippen molar-refractivity contribution in [3.8, 4) is 0 Å². The lowest BCUT2D eigenvalue weighted by Gasteiger charge is -2.18. The molecule has 0 aliphatic carbocycles. The minimum absolute atomic E-state index is 0.0532. The summed E-state index contributed by atoms with van der Waals surface area (Å²) in [6.45, 7) is 7.19. The Hall–Kier alpha value is -1.16. The van der Waals surface area contributed by atoms with Gasteiger partial charge in [-0.1, -0.05) is 0 Å². The van der Waals surface area contributed by atoms with Gasteiger partial charge in [0.15, 0.2) is 5.78 Å². The lowest BCUT2D eigenvalue weighted by molar-refractivity contribution is 0.0608. The van der Waals surface area contributed by atoms with Crippen LogP contribution in [0.15, 0.2) is 6.20 Å². The topological polar surface area (TPSA) is 55.1 Å². The maximum absolute atomic E-state index is 11.0. The zero-order valence-corrected chi connectivity index (χ0v) is 9.03. The number of rotatable bonds is 3. The standard InChI is InChI=1S/C10H16N2O2/c1-7(13)9-5-12(8(2)11-9)6-10(3,4)14/h5,14H,6H2,1-4H3. The van der Waals surface area contributed by atoms with Gasteiger partial charge in [0, 0.05) is 13.1 Å². The number of aryl methyl sites for hydroxylation is 1. The molecule has 0 unspecified atom stereocenters. The Bertz CT molecular complexity index is 347. The van der Waals surface area contributed by atoms with Crippen LogP contribution in [0.2, 0.25) is 0 Å². The number of imidazole rings is 1. The van der Waals surface area contributed by atoms with Crippen molar-refractivity contribution in [3.05, 3.63) is 17.7 Å². The lowest BCUT2D eigenvalue weighted by atomic mass is 10.1. The summed E-state index contributed by atoms with van der Waals surface area (Å²) in [4.78, 5) is 15.1. The SMILES string of the molecule is CC(=O)c1cn(CC(C)(C)O)c(C)n1. The third-order valence-corrected chi connectivity index (χ3v) is 1.89. The number of hydrogen-bond donors (Lipinski definition) is 1. The first-order valence-electron chi connectivity index (χ1n) is 4.57. The molecule has 0 spiro atoms. The van der Waals surface area contributed by atoms with Gasteiger partial charge < -0.3 is 9.67 Å². The quantitative estimate of drug-likeness (QED) is 0.738. The molecule has 0 aliphatic heterocycles. The summed E-state index contributed by atoms with van der Waals surface area (Å²) in [5.74, 6) is 0.694. The summed E-state index contributed by atoms with van der Waals surface area (Å²) in [6.07, 6.45) is 1.68. The zero-order valence-electron chi connectivity index (χ0n) is 9.03. The molecule has 4 nitrogen and oxygen atoms in total. The van der Waals surface area contributed by atoms with Crippen molar-refractivity contribution in [3.63, 3.8) is 0 Å². The van der Waals surface area contributed by atoms with Gasteiger partial charge in [0.05, 0.1) is 12.1 Å². The van der Waals surface area contributed by atoms with E-state index in [0.717, 1.165) is 5.82 Å². The fourth-order valence-corrected chi connectivity index (χ4v) is 1.25. The van der Waals surface area contributed by atoms with Crippen molar-refractivity contribution in [2.45, 2.75) is 39.8 Å². The molecule has 0 fully saturated rings. The third-order valence-electron chi connectivity index (χ3n) is 1.89. The monoisotopic (exact) mass is 196 g/mol. The minimum atomic E-state index is -0.792. The number of nitrogens with zero attached hydrogens (tertiary/aromatic N) is 2. The summed E-state index contributed by atoms with van der Waals surface area (Å²) < 4.78 is 1.79. The van der Waals surface area contributed by atoms with Crippen LogP contribution in [0.1, 0.15) is 37.1 Å². The second-order valence-electron chi connectivity index (χ2n) is 4.17. The maximum Gasteiger partial charge on any atom is 0.179 e. The fraction of sp³-hybridized carbons (Fsp3) is 0.600. The lowest BCUT2D eigenvalue weighted by Crippen LogP contribution is -2.26. The first kappa shape index (κ1) is 10.9. The Kier molecular flexibility index (Phi) is 2.76. The second kappa shape index (κ2) is 3.53. The molecule has 0 saturated carbocycles. The first-order valence-corrected chi connectivity index (χ1v) is 4.57. The van der Waals surface area contributed by atoms with Gasteiger partial charge in [0.25, 0.3) is 0 Å². The largest absolute Gasteiger partial charge is 0.389 e. The summed E-state index contributed by atoms with van der Waals surface area (Å²) in [7, 11) is 0. The highest BCUT2D eigenvalue weighted by molar-refractivity contribution is 5.91. The molecule has 0 amide bonds. The molecule has 4 heteroatoms. The van der Waals surface area contributed by atoms with E-state index in [9.17, 15) is 9.90 Å². The first-order chi connectivity index (χ1) is 6.29. The van der Waals surface area contributed by atoms with Crippen LogP contribution < -0.4 is 0 Å². The average Bonchev–Trinajstić information content (AvgIpc) is 2.29. The van der Waals surface area contributed by atoms with Gasteiger partial charge in [-0.15, -0.1) is 0 Å². The number of Topliss-reactive ketones (excluding diaryl/α,β-unsaturated/α-hetero) is 1. The predicted molar refractivity (Wildman–Crippen MR) is 53.3 cm³/mol. The molecule has 0 aromatic carbocycles. The molecule has 0 bridgehead atoms. The normalized spacial score (nSPS) is 11.8. The van der Waals surface area contributed by atoms with E-state index in [2.05, 4.69) is 4.98 Å². The minimum Gasteiger partial charge on any atom is -0.389 e. The Labute approximate surface area is 83.6 Å². The van der Waals surface area contributed by atoms with Crippen molar-refractivity contribution < 1.29 is 9.90 Å². The van der Waals surface area contributed by atoms with E-state index in [4.69, 9.17) is 0 Å². The third kappa shape index (κ3) is 2.67. The highest BCUT2D eigenvalue weighted by Gasteiger charge is 2.16. The van der Waals surface area contributed by atoms with Gasteiger partial charge in [0.2, 0.25) is 0 Å².